The summed E-state index contributed by atoms with van der Waals surface area (Å²) in [5, 5.41) is 9.53. The molecule has 2 bridgehead atoms. The first kappa shape index (κ1) is 23.5. The van der Waals surface area contributed by atoms with Crippen molar-refractivity contribution in [3.63, 3.8) is 0 Å². The van der Waals surface area contributed by atoms with Gasteiger partial charge in [0.25, 0.3) is 12.0 Å². The summed E-state index contributed by atoms with van der Waals surface area (Å²) in [5.41, 5.74) is 0.481. The summed E-state index contributed by atoms with van der Waals surface area (Å²) in [7, 11) is -2.13. The molecule has 3 rings (SSSR count). The molecule has 3 N–H and O–H groups in total. The molecular weight excluding hydrogens is 416 g/mol. The zero-order valence-corrected chi connectivity index (χ0v) is 17.6. The second-order valence-electron chi connectivity index (χ2n) is 7.14. The van der Waals surface area contributed by atoms with Crippen molar-refractivity contribution in [2.75, 3.05) is 32.4 Å². The van der Waals surface area contributed by atoms with Gasteiger partial charge >= 0.3 is 0 Å². The van der Waals surface area contributed by atoms with Crippen LogP contribution in [0.3, 0.4) is 0 Å². The van der Waals surface area contributed by atoms with Gasteiger partial charge < -0.3 is 15.3 Å². The largest absolute Gasteiger partial charge is 0.483 e. The highest BCUT2D eigenvalue weighted by Gasteiger charge is 2.44. The zero-order chi connectivity index (χ0) is 22.5. The number of likely N-dealkylation sites (tertiary alicyclic amines) is 1. The monoisotopic (exact) mass is 442 g/mol. The lowest BCUT2D eigenvalue weighted by Crippen LogP contribution is -2.54. The van der Waals surface area contributed by atoms with Gasteiger partial charge in [0.05, 0.1) is 5.75 Å². The number of carbonyl (C=O) groups is 3. The van der Waals surface area contributed by atoms with E-state index in [1.165, 1.54) is 24.6 Å². The summed E-state index contributed by atoms with van der Waals surface area (Å²) in [4.78, 5) is 47.3. The Morgan fingerprint density at radius 1 is 1.30 bits per heavy atom. The minimum atomic E-state index is -3.44. The molecule has 12 heteroatoms. The maximum absolute atomic E-state index is 12.9. The fourth-order valence-corrected chi connectivity index (χ4v) is 4.62. The quantitative estimate of drug-likeness (QED) is 0.480. The van der Waals surface area contributed by atoms with Gasteiger partial charge in [0.2, 0.25) is 21.8 Å². The molecule has 30 heavy (non-hydrogen) atoms. The molecule has 1 saturated heterocycles. The zero-order valence-electron chi connectivity index (χ0n) is 16.8. The predicted molar refractivity (Wildman–Crippen MR) is 107 cm³/mol. The van der Waals surface area contributed by atoms with E-state index >= 15 is 0 Å². The van der Waals surface area contributed by atoms with Crippen molar-refractivity contribution in [3.05, 3.63) is 34.2 Å². The number of carboxylic acid groups (broad SMARTS) is 1. The summed E-state index contributed by atoms with van der Waals surface area (Å²) in [6, 6.07) is 4.14. The standard InChI is InChI=1S/C17H24N4O5S.CH2O2/c1-11(22)20-9-12-8-13(10-20)16(21-14(12)4-3-5-15(21)23)17(24)19-6-7-27(25,26)18-2;2-1-3/h3-5,12-13,16,18H,6-10H2,1-2H3,(H,19,24);1H,(H,2,3)/t12-,13+,16-;/m1./s1. The molecule has 0 saturated carbocycles. The summed E-state index contributed by atoms with van der Waals surface area (Å²) >= 11 is 0. The van der Waals surface area contributed by atoms with Crippen molar-refractivity contribution in [2.24, 2.45) is 5.92 Å². The molecule has 0 spiro atoms. The van der Waals surface area contributed by atoms with E-state index in [0.29, 0.717) is 19.5 Å². The number of piperidine rings is 1. The molecule has 3 heterocycles. The summed E-state index contributed by atoms with van der Waals surface area (Å²) < 4.78 is 26.8. The Balaban J connectivity index is 0.00000101. The van der Waals surface area contributed by atoms with Crippen LogP contribution in [0.1, 0.15) is 31.0 Å². The highest BCUT2D eigenvalue weighted by molar-refractivity contribution is 7.89. The second kappa shape index (κ2) is 9.85. The third-order valence-corrected chi connectivity index (χ3v) is 6.71. The molecule has 1 aromatic heterocycles. The Bertz CT molecular complexity index is 960. The van der Waals surface area contributed by atoms with E-state index in [-0.39, 0.29) is 42.1 Å². The topological polar surface area (TPSA) is 155 Å². The first-order valence-electron chi connectivity index (χ1n) is 9.39. The third kappa shape index (κ3) is 5.25. The molecule has 0 aromatic carbocycles. The average molecular weight is 442 g/mol. The van der Waals surface area contributed by atoms with Crippen LogP contribution in [-0.2, 0) is 24.4 Å². The number of nitrogens with one attached hydrogen (secondary N) is 2. The van der Waals surface area contributed by atoms with Gasteiger partial charge in [0, 0.05) is 50.2 Å². The van der Waals surface area contributed by atoms with E-state index in [9.17, 15) is 22.8 Å². The Morgan fingerprint density at radius 2 is 1.97 bits per heavy atom. The van der Waals surface area contributed by atoms with Gasteiger partial charge in [-0.1, -0.05) is 6.07 Å². The first-order valence-corrected chi connectivity index (χ1v) is 11.0. The van der Waals surface area contributed by atoms with E-state index in [0.717, 1.165) is 5.69 Å². The van der Waals surface area contributed by atoms with Crippen LogP contribution in [-0.4, -0.2) is 73.7 Å². The molecule has 11 nitrogen and oxygen atoms in total. The van der Waals surface area contributed by atoms with Gasteiger partial charge in [-0.25, -0.2) is 13.1 Å². The van der Waals surface area contributed by atoms with Crippen molar-refractivity contribution in [2.45, 2.75) is 25.3 Å². The molecule has 2 aliphatic rings. The number of hydrogen-bond donors (Lipinski definition) is 3. The van der Waals surface area contributed by atoms with Crippen molar-refractivity contribution in [3.8, 4) is 0 Å². The van der Waals surface area contributed by atoms with E-state index in [1.54, 1.807) is 11.0 Å². The van der Waals surface area contributed by atoms with Crippen molar-refractivity contribution < 1.29 is 27.9 Å². The number of amides is 2. The van der Waals surface area contributed by atoms with Crippen LogP contribution in [0.15, 0.2) is 23.0 Å². The van der Waals surface area contributed by atoms with E-state index in [4.69, 9.17) is 9.90 Å². The summed E-state index contributed by atoms with van der Waals surface area (Å²) in [6.45, 7) is 2.13. The Hall–Kier alpha value is -2.73. The molecule has 166 valence electrons. The van der Waals surface area contributed by atoms with Crippen molar-refractivity contribution in [1.82, 2.24) is 19.5 Å². The molecule has 1 aromatic rings. The molecule has 1 fully saturated rings. The van der Waals surface area contributed by atoms with Gasteiger partial charge in [-0.3, -0.25) is 23.7 Å². The molecule has 2 amide bonds. The lowest BCUT2D eigenvalue weighted by Gasteiger charge is -2.46. The predicted octanol–water partition coefficient (Wildman–Crippen LogP) is -1.28. The molecule has 3 atom stereocenters. The number of rotatable bonds is 5. The highest BCUT2D eigenvalue weighted by Crippen LogP contribution is 2.41. The van der Waals surface area contributed by atoms with Gasteiger partial charge in [0.15, 0.2) is 0 Å². The number of carbonyl (C=O) groups excluding carboxylic acids is 2. The molecule has 0 radical (unpaired) electrons. The number of pyridine rings is 1. The summed E-state index contributed by atoms with van der Waals surface area (Å²) in [6.07, 6.45) is 0.708. The smallest absolute Gasteiger partial charge is 0.290 e. The second-order valence-corrected chi connectivity index (χ2v) is 9.19. The Morgan fingerprint density at radius 3 is 2.57 bits per heavy atom. The molecule has 2 aliphatic heterocycles. The van der Waals surface area contributed by atoms with Crippen LogP contribution in [0.2, 0.25) is 0 Å². The van der Waals surface area contributed by atoms with E-state index in [1.807, 2.05) is 6.07 Å². The fraction of sp³-hybridized carbons (Fsp3) is 0.556. The van der Waals surface area contributed by atoms with Gasteiger partial charge in [-0.2, -0.15) is 0 Å². The van der Waals surface area contributed by atoms with Crippen LogP contribution < -0.4 is 15.6 Å². The summed E-state index contributed by atoms with van der Waals surface area (Å²) in [5.74, 6) is -0.886. The molecule has 0 unspecified atom stereocenters. The Labute approximate surface area is 174 Å². The minimum absolute atomic E-state index is 0.00951. The van der Waals surface area contributed by atoms with Crippen LogP contribution >= 0.6 is 0 Å². The number of nitrogens with zero attached hydrogens (tertiary/aromatic N) is 2. The van der Waals surface area contributed by atoms with Crippen LogP contribution in [0, 0.1) is 5.92 Å². The maximum Gasteiger partial charge on any atom is 0.290 e. The average Bonchev–Trinajstić information content (AvgIpc) is 2.69. The van der Waals surface area contributed by atoms with E-state index in [2.05, 4.69) is 10.0 Å². The highest BCUT2D eigenvalue weighted by atomic mass is 32.2. The van der Waals surface area contributed by atoms with Gasteiger partial charge in [-0.15, -0.1) is 0 Å². The lowest BCUT2D eigenvalue weighted by molar-refractivity contribution is -0.135. The number of hydrogen-bond acceptors (Lipinski definition) is 6. The van der Waals surface area contributed by atoms with Gasteiger partial charge in [0.1, 0.15) is 6.04 Å². The first-order chi connectivity index (χ1) is 14.1. The Kier molecular flexibility index (Phi) is 7.73. The van der Waals surface area contributed by atoms with Gasteiger partial charge in [-0.05, 0) is 19.5 Å². The minimum Gasteiger partial charge on any atom is -0.483 e. The third-order valence-electron chi connectivity index (χ3n) is 5.34. The fourth-order valence-electron chi connectivity index (χ4n) is 4.04. The normalized spacial score (nSPS) is 22.2. The van der Waals surface area contributed by atoms with Crippen LogP contribution in [0.25, 0.3) is 0 Å². The number of fused-ring (bicyclic) bond motifs is 4. The lowest BCUT2D eigenvalue weighted by atomic mass is 9.78. The van der Waals surface area contributed by atoms with E-state index < -0.39 is 22.0 Å². The maximum atomic E-state index is 12.9. The van der Waals surface area contributed by atoms with Crippen LogP contribution in [0.5, 0.6) is 0 Å². The SMILES string of the molecule is CNS(=O)(=O)CCNC(=O)[C@H]1[C@H]2C[C@H](CN(C(C)=O)C2)c2cccc(=O)n21.O=CO. The number of aromatic nitrogens is 1. The van der Waals surface area contributed by atoms with Crippen molar-refractivity contribution in [1.29, 1.82) is 0 Å². The molecular formula is C18H26N4O7S. The van der Waals surface area contributed by atoms with Crippen molar-refractivity contribution >= 4 is 28.3 Å². The molecule has 0 aliphatic carbocycles. The number of sulfonamides is 1. The van der Waals surface area contributed by atoms with Crippen LogP contribution in [0.4, 0.5) is 0 Å².